The molecule has 0 aromatic heterocycles. The molecule has 1 atom stereocenters. The maximum absolute atomic E-state index is 11.4. The standard InChI is InChI=1S/C12H13BrN2O/c13-9-2-4-11-8(5-9)1-3-10-6-14-12(16)7-15(10)11/h2,4-5,10H,1,3,6-7H2,(H,14,16). The Morgan fingerprint density at radius 1 is 1.44 bits per heavy atom. The zero-order valence-electron chi connectivity index (χ0n) is 8.87. The third kappa shape index (κ3) is 1.61. The molecule has 16 heavy (non-hydrogen) atoms. The van der Waals surface area contributed by atoms with Crippen LogP contribution in [0.5, 0.6) is 0 Å². The van der Waals surface area contributed by atoms with Gasteiger partial charge in [-0.2, -0.15) is 0 Å². The number of hydrogen-bond acceptors (Lipinski definition) is 2. The Bertz CT molecular complexity index is 447. The lowest BCUT2D eigenvalue weighted by atomic mass is 9.94. The van der Waals surface area contributed by atoms with Gasteiger partial charge in [-0.3, -0.25) is 4.79 Å². The largest absolute Gasteiger partial charge is 0.357 e. The van der Waals surface area contributed by atoms with Gasteiger partial charge in [-0.25, -0.2) is 0 Å². The fraction of sp³-hybridized carbons (Fsp3) is 0.417. The zero-order valence-corrected chi connectivity index (χ0v) is 10.5. The van der Waals surface area contributed by atoms with E-state index in [9.17, 15) is 4.79 Å². The molecule has 4 heteroatoms. The van der Waals surface area contributed by atoms with Crippen LogP contribution in [0, 0.1) is 0 Å². The predicted molar refractivity (Wildman–Crippen MR) is 66.6 cm³/mol. The molecule has 1 fully saturated rings. The molecule has 0 bridgehead atoms. The summed E-state index contributed by atoms with van der Waals surface area (Å²) in [4.78, 5) is 13.7. The van der Waals surface area contributed by atoms with Crippen molar-refractivity contribution in [2.45, 2.75) is 18.9 Å². The minimum atomic E-state index is 0.131. The van der Waals surface area contributed by atoms with Gasteiger partial charge in [-0.1, -0.05) is 15.9 Å². The van der Waals surface area contributed by atoms with Crippen molar-refractivity contribution in [2.75, 3.05) is 18.0 Å². The molecule has 3 rings (SSSR count). The van der Waals surface area contributed by atoms with Gasteiger partial charge in [0.1, 0.15) is 0 Å². The molecule has 2 aliphatic heterocycles. The molecular weight excluding hydrogens is 268 g/mol. The van der Waals surface area contributed by atoms with Crippen molar-refractivity contribution >= 4 is 27.5 Å². The van der Waals surface area contributed by atoms with Crippen molar-refractivity contribution in [2.24, 2.45) is 0 Å². The Kier molecular flexibility index (Phi) is 2.39. The highest BCUT2D eigenvalue weighted by molar-refractivity contribution is 9.10. The van der Waals surface area contributed by atoms with E-state index in [0.29, 0.717) is 12.6 Å². The van der Waals surface area contributed by atoms with Crippen molar-refractivity contribution in [1.82, 2.24) is 5.32 Å². The molecule has 1 amide bonds. The highest BCUT2D eigenvalue weighted by Gasteiger charge is 2.31. The zero-order chi connectivity index (χ0) is 11.1. The summed E-state index contributed by atoms with van der Waals surface area (Å²) in [5.74, 6) is 0.131. The molecule has 0 aliphatic carbocycles. The summed E-state index contributed by atoms with van der Waals surface area (Å²) in [7, 11) is 0. The minimum Gasteiger partial charge on any atom is -0.357 e. The average Bonchev–Trinajstić information content (AvgIpc) is 2.28. The maximum Gasteiger partial charge on any atom is 0.239 e. The summed E-state index contributed by atoms with van der Waals surface area (Å²) in [6.45, 7) is 1.29. The third-order valence-electron chi connectivity index (χ3n) is 3.39. The number of piperazine rings is 1. The van der Waals surface area contributed by atoms with Gasteiger partial charge in [0.05, 0.1) is 6.54 Å². The number of aryl methyl sites for hydroxylation is 1. The molecule has 84 valence electrons. The smallest absolute Gasteiger partial charge is 0.239 e. The van der Waals surface area contributed by atoms with E-state index in [1.165, 1.54) is 11.3 Å². The van der Waals surface area contributed by atoms with Crippen LogP contribution in [0.4, 0.5) is 5.69 Å². The van der Waals surface area contributed by atoms with Crippen LogP contribution in [0.2, 0.25) is 0 Å². The molecule has 0 spiro atoms. The fourth-order valence-corrected chi connectivity index (χ4v) is 2.99. The molecule has 2 heterocycles. The van der Waals surface area contributed by atoms with Gasteiger partial charge in [0.2, 0.25) is 5.91 Å². The molecule has 3 nitrogen and oxygen atoms in total. The van der Waals surface area contributed by atoms with Crippen LogP contribution in [-0.4, -0.2) is 25.0 Å². The third-order valence-corrected chi connectivity index (χ3v) is 3.88. The van der Waals surface area contributed by atoms with E-state index < -0.39 is 0 Å². The van der Waals surface area contributed by atoms with Crippen LogP contribution < -0.4 is 10.2 Å². The number of rotatable bonds is 0. The van der Waals surface area contributed by atoms with Crippen molar-refractivity contribution in [3.63, 3.8) is 0 Å². The molecule has 1 unspecified atom stereocenters. The summed E-state index contributed by atoms with van der Waals surface area (Å²) < 4.78 is 1.12. The van der Waals surface area contributed by atoms with E-state index in [0.717, 1.165) is 23.9 Å². The van der Waals surface area contributed by atoms with Crippen molar-refractivity contribution in [3.8, 4) is 0 Å². The van der Waals surface area contributed by atoms with Crippen LogP contribution in [0.3, 0.4) is 0 Å². The lowest BCUT2D eigenvalue weighted by Crippen LogP contribution is -2.56. The second-order valence-electron chi connectivity index (χ2n) is 4.40. The molecule has 1 saturated heterocycles. The number of amides is 1. The summed E-state index contributed by atoms with van der Waals surface area (Å²) in [6.07, 6.45) is 2.23. The minimum absolute atomic E-state index is 0.131. The first-order valence-electron chi connectivity index (χ1n) is 5.56. The number of nitrogens with zero attached hydrogens (tertiary/aromatic N) is 1. The second kappa shape index (κ2) is 3.77. The van der Waals surface area contributed by atoms with E-state index in [4.69, 9.17) is 0 Å². The number of fused-ring (bicyclic) bond motifs is 3. The van der Waals surface area contributed by atoms with E-state index in [-0.39, 0.29) is 5.91 Å². The van der Waals surface area contributed by atoms with Crippen LogP contribution >= 0.6 is 15.9 Å². The van der Waals surface area contributed by atoms with Gasteiger partial charge in [0.25, 0.3) is 0 Å². The number of carbonyl (C=O) groups excluding carboxylic acids is 1. The first-order valence-corrected chi connectivity index (χ1v) is 6.35. The average molecular weight is 281 g/mol. The quantitative estimate of drug-likeness (QED) is 0.785. The summed E-state index contributed by atoms with van der Waals surface area (Å²) in [6, 6.07) is 6.81. The van der Waals surface area contributed by atoms with Gasteiger partial charge in [-0.05, 0) is 36.6 Å². The Labute approximate surface area is 103 Å². The maximum atomic E-state index is 11.4. The second-order valence-corrected chi connectivity index (χ2v) is 5.31. The number of carbonyl (C=O) groups is 1. The van der Waals surface area contributed by atoms with Gasteiger partial charge < -0.3 is 10.2 Å². The van der Waals surface area contributed by atoms with Crippen LogP contribution in [0.1, 0.15) is 12.0 Å². The molecule has 1 N–H and O–H groups in total. The van der Waals surface area contributed by atoms with Crippen molar-refractivity contribution in [1.29, 1.82) is 0 Å². The monoisotopic (exact) mass is 280 g/mol. The topological polar surface area (TPSA) is 32.3 Å². The van der Waals surface area contributed by atoms with E-state index in [2.05, 4.69) is 38.3 Å². The number of benzene rings is 1. The van der Waals surface area contributed by atoms with Gasteiger partial charge in [0.15, 0.2) is 0 Å². The van der Waals surface area contributed by atoms with Crippen molar-refractivity contribution in [3.05, 3.63) is 28.2 Å². The predicted octanol–water partition coefficient (Wildman–Crippen LogP) is 1.70. The molecule has 0 saturated carbocycles. The summed E-state index contributed by atoms with van der Waals surface area (Å²) in [5, 5.41) is 2.93. The first kappa shape index (κ1) is 10.1. The highest BCUT2D eigenvalue weighted by Crippen LogP contribution is 2.33. The van der Waals surface area contributed by atoms with Crippen LogP contribution in [0.25, 0.3) is 0 Å². The number of anilines is 1. The molecule has 2 aliphatic rings. The molecule has 1 aromatic carbocycles. The van der Waals surface area contributed by atoms with Gasteiger partial charge in [-0.15, -0.1) is 0 Å². The molecule has 1 aromatic rings. The van der Waals surface area contributed by atoms with Gasteiger partial charge >= 0.3 is 0 Å². The SMILES string of the molecule is O=C1CN2c3ccc(Br)cc3CCC2CN1. The lowest BCUT2D eigenvalue weighted by molar-refractivity contribution is -0.120. The van der Waals surface area contributed by atoms with Gasteiger partial charge in [0, 0.05) is 22.7 Å². The van der Waals surface area contributed by atoms with Crippen LogP contribution in [-0.2, 0) is 11.2 Å². The fourth-order valence-electron chi connectivity index (χ4n) is 2.58. The summed E-state index contributed by atoms with van der Waals surface area (Å²) >= 11 is 3.49. The first-order chi connectivity index (χ1) is 7.74. The van der Waals surface area contributed by atoms with Crippen molar-refractivity contribution < 1.29 is 4.79 Å². The molecule has 0 radical (unpaired) electrons. The molecular formula is C12H13BrN2O. The summed E-state index contributed by atoms with van der Waals surface area (Å²) in [5.41, 5.74) is 2.58. The van der Waals surface area contributed by atoms with E-state index in [1.54, 1.807) is 0 Å². The Balaban J connectivity index is 2.00. The lowest BCUT2D eigenvalue weighted by Gasteiger charge is -2.41. The number of hydrogen-bond donors (Lipinski definition) is 1. The van der Waals surface area contributed by atoms with E-state index >= 15 is 0 Å². The number of nitrogens with one attached hydrogen (secondary N) is 1. The number of halogens is 1. The Hall–Kier alpha value is -1.03. The van der Waals surface area contributed by atoms with Crippen LogP contribution in [0.15, 0.2) is 22.7 Å². The van der Waals surface area contributed by atoms with E-state index in [1.807, 2.05) is 6.07 Å². The highest BCUT2D eigenvalue weighted by atomic mass is 79.9. The Morgan fingerprint density at radius 2 is 2.31 bits per heavy atom. The normalized spacial score (nSPS) is 23.4. The Morgan fingerprint density at radius 3 is 3.19 bits per heavy atom.